The summed E-state index contributed by atoms with van der Waals surface area (Å²) in [6.07, 6.45) is 3.60. The van der Waals surface area contributed by atoms with Gasteiger partial charge in [-0.1, -0.05) is 43.9 Å². The third kappa shape index (κ3) is 7.06. The van der Waals surface area contributed by atoms with Gasteiger partial charge in [-0.2, -0.15) is 0 Å². The second-order valence-corrected chi connectivity index (χ2v) is 6.84. The van der Waals surface area contributed by atoms with E-state index in [0.717, 1.165) is 31.2 Å². The molecule has 2 aromatic rings. The van der Waals surface area contributed by atoms with Crippen molar-refractivity contribution in [1.29, 1.82) is 0 Å². The molecular weight excluding hydrogens is 354 g/mol. The smallest absolute Gasteiger partial charge is 0.338 e. The minimum absolute atomic E-state index is 0.258. The Kier molecular flexibility index (Phi) is 8.53. The van der Waals surface area contributed by atoms with Crippen molar-refractivity contribution in [3.63, 3.8) is 0 Å². The lowest BCUT2D eigenvalue weighted by molar-refractivity contribution is -0.122. The van der Waals surface area contributed by atoms with Crippen LogP contribution in [0.3, 0.4) is 0 Å². The molecule has 1 amide bonds. The minimum atomic E-state index is -0.643. The van der Waals surface area contributed by atoms with Crippen LogP contribution in [0.15, 0.2) is 48.5 Å². The highest BCUT2D eigenvalue weighted by Gasteiger charge is 2.15. The van der Waals surface area contributed by atoms with Gasteiger partial charge >= 0.3 is 5.97 Å². The first kappa shape index (κ1) is 21.5. The summed E-state index contributed by atoms with van der Waals surface area (Å²) >= 11 is 0. The van der Waals surface area contributed by atoms with E-state index in [4.69, 9.17) is 9.47 Å². The van der Waals surface area contributed by atoms with Crippen molar-refractivity contribution in [3.8, 4) is 5.75 Å². The van der Waals surface area contributed by atoms with Crippen LogP contribution in [-0.2, 0) is 9.53 Å². The number of unbranched alkanes of at least 4 members (excludes halogenated alkanes) is 3. The molecule has 1 N–H and O–H groups in total. The molecule has 0 radical (unpaired) electrons. The maximum atomic E-state index is 12.3. The van der Waals surface area contributed by atoms with Gasteiger partial charge in [0, 0.05) is 5.69 Å². The van der Waals surface area contributed by atoms with Crippen LogP contribution in [0.2, 0.25) is 0 Å². The molecule has 2 rings (SSSR count). The van der Waals surface area contributed by atoms with Crippen molar-refractivity contribution in [2.24, 2.45) is 0 Å². The summed E-state index contributed by atoms with van der Waals surface area (Å²) in [6, 6.07) is 14.2. The van der Waals surface area contributed by atoms with Gasteiger partial charge < -0.3 is 14.8 Å². The fraction of sp³-hybridized carbons (Fsp3) is 0.391. The molecule has 0 bridgehead atoms. The zero-order valence-corrected chi connectivity index (χ0v) is 16.9. The largest absolute Gasteiger partial charge is 0.481 e. The van der Waals surface area contributed by atoms with Crippen molar-refractivity contribution in [1.82, 2.24) is 0 Å². The molecule has 0 heterocycles. The van der Waals surface area contributed by atoms with Crippen LogP contribution in [0.4, 0.5) is 5.69 Å². The topological polar surface area (TPSA) is 64.6 Å². The number of amides is 1. The maximum absolute atomic E-state index is 12.3. The molecule has 0 aliphatic heterocycles. The van der Waals surface area contributed by atoms with E-state index >= 15 is 0 Å². The number of rotatable bonds is 10. The first-order valence-corrected chi connectivity index (χ1v) is 9.81. The normalized spacial score (nSPS) is 11.5. The number of carbonyl (C=O) groups excluding carboxylic acids is 2. The zero-order valence-electron chi connectivity index (χ0n) is 16.9. The van der Waals surface area contributed by atoms with E-state index in [1.165, 1.54) is 0 Å². The Labute approximate surface area is 167 Å². The third-order valence-electron chi connectivity index (χ3n) is 4.32. The Morgan fingerprint density at radius 1 is 0.964 bits per heavy atom. The van der Waals surface area contributed by atoms with Crippen LogP contribution >= 0.6 is 0 Å². The van der Waals surface area contributed by atoms with E-state index in [1.807, 2.05) is 31.2 Å². The second-order valence-electron chi connectivity index (χ2n) is 6.84. The fourth-order valence-corrected chi connectivity index (χ4v) is 2.59. The number of ether oxygens (including phenoxy) is 2. The summed E-state index contributed by atoms with van der Waals surface area (Å²) in [5.41, 5.74) is 2.20. The molecule has 0 saturated heterocycles. The summed E-state index contributed by atoms with van der Waals surface area (Å²) in [6.45, 7) is 6.26. The molecule has 28 heavy (non-hydrogen) atoms. The molecule has 150 valence electrons. The molecule has 2 aromatic carbocycles. The summed E-state index contributed by atoms with van der Waals surface area (Å²) in [7, 11) is 0. The quantitative estimate of drug-likeness (QED) is 0.456. The lowest BCUT2D eigenvalue weighted by atomic mass is 10.2. The average Bonchev–Trinajstić information content (AvgIpc) is 2.70. The standard InChI is InChI=1S/C23H29NO4/c1-4-5-6-7-16-27-23(26)19-10-12-20(13-11-19)24-22(25)18(3)28-21-14-8-17(2)9-15-21/h8-15,18H,4-7,16H2,1-3H3,(H,24,25). The SMILES string of the molecule is CCCCCCOC(=O)c1ccc(NC(=O)C(C)Oc2ccc(C)cc2)cc1. The van der Waals surface area contributed by atoms with Crippen molar-refractivity contribution in [3.05, 3.63) is 59.7 Å². The minimum Gasteiger partial charge on any atom is -0.481 e. The van der Waals surface area contributed by atoms with Crippen LogP contribution in [0.25, 0.3) is 0 Å². The van der Waals surface area contributed by atoms with Gasteiger partial charge in [-0.15, -0.1) is 0 Å². The number of aryl methyl sites for hydroxylation is 1. The van der Waals surface area contributed by atoms with Crippen LogP contribution in [0.5, 0.6) is 5.75 Å². The summed E-state index contributed by atoms with van der Waals surface area (Å²) in [4.78, 5) is 24.3. The van der Waals surface area contributed by atoms with Gasteiger partial charge in [0.05, 0.1) is 12.2 Å². The number of esters is 1. The summed E-state index contributed by atoms with van der Waals surface area (Å²) in [5, 5.41) is 2.79. The van der Waals surface area contributed by atoms with Gasteiger partial charge in [0.15, 0.2) is 6.10 Å². The molecule has 5 heteroatoms. The van der Waals surface area contributed by atoms with Crippen LogP contribution < -0.4 is 10.1 Å². The van der Waals surface area contributed by atoms with Gasteiger partial charge in [0.25, 0.3) is 5.91 Å². The Morgan fingerprint density at radius 3 is 2.29 bits per heavy atom. The second kappa shape index (κ2) is 11.1. The molecule has 0 aliphatic carbocycles. The third-order valence-corrected chi connectivity index (χ3v) is 4.32. The van der Waals surface area contributed by atoms with E-state index in [1.54, 1.807) is 31.2 Å². The van der Waals surface area contributed by atoms with Crippen LogP contribution in [0.1, 0.15) is 55.5 Å². The number of nitrogens with one attached hydrogen (secondary N) is 1. The predicted octanol–water partition coefficient (Wildman–Crippen LogP) is 5.14. The lowest BCUT2D eigenvalue weighted by Gasteiger charge is -2.15. The van der Waals surface area contributed by atoms with Crippen LogP contribution in [-0.4, -0.2) is 24.6 Å². The highest BCUT2D eigenvalue weighted by molar-refractivity contribution is 5.95. The highest BCUT2D eigenvalue weighted by atomic mass is 16.5. The van der Waals surface area contributed by atoms with E-state index < -0.39 is 6.10 Å². The molecule has 1 atom stereocenters. The number of anilines is 1. The van der Waals surface area contributed by atoms with E-state index in [9.17, 15) is 9.59 Å². The van der Waals surface area contributed by atoms with E-state index in [-0.39, 0.29) is 11.9 Å². The molecular formula is C23H29NO4. The van der Waals surface area contributed by atoms with Gasteiger partial charge in [-0.05, 0) is 56.7 Å². The molecule has 0 spiro atoms. The van der Waals surface area contributed by atoms with Crippen molar-refractivity contribution in [2.75, 3.05) is 11.9 Å². The Morgan fingerprint density at radius 2 is 1.64 bits per heavy atom. The lowest BCUT2D eigenvalue weighted by Crippen LogP contribution is -2.30. The first-order valence-electron chi connectivity index (χ1n) is 9.81. The van der Waals surface area contributed by atoms with Crippen molar-refractivity contribution < 1.29 is 19.1 Å². The van der Waals surface area contributed by atoms with Gasteiger partial charge in [-0.25, -0.2) is 4.79 Å². The van der Waals surface area contributed by atoms with Gasteiger partial charge in [-0.3, -0.25) is 4.79 Å². The number of carbonyl (C=O) groups is 2. The Balaban J connectivity index is 1.81. The van der Waals surface area contributed by atoms with Gasteiger partial charge in [0.1, 0.15) is 5.75 Å². The number of benzene rings is 2. The van der Waals surface area contributed by atoms with Crippen molar-refractivity contribution >= 4 is 17.6 Å². The predicted molar refractivity (Wildman–Crippen MR) is 111 cm³/mol. The molecule has 5 nitrogen and oxygen atoms in total. The molecule has 0 saturated carbocycles. The summed E-state index contributed by atoms with van der Waals surface area (Å²) < 4.78 is 10.9. The molecule has 0 aliphatic rings. The summed E-state index contributed by atoms with van der Waals surface area (Å²) in [5.74, 6) is 0.0440. The monoisotopic (exact) mass is 383 g/mol. The molecule has 0 aromatic heterocycles. The number of hydrogen-bond acceptors (Lipinski definition) is 4. The van der Waals surface area contributed by atoms with Crippen LogP contribution in [0, 0.1) is 6.92 Å². The number of hydrogen-bond donors (Lipinski definition) is 1. The zero-order chi connectivity index (χ0) is 20.4. The first-order chi connectivity index (χ1) is 13.5. The van der Waals surface area contributed by atoms with E-state index in [0.29, 0.717) is 23.6 Å². The fourth-order valence-electron chi connectivity index (χ4n) is 2.59. The van der Waals surface area contributed by atoms with Gasteiger partial charge in [0.2, 0.25) is 0 Å². The molecule has 0 fully saturated rings. The van der Waals surface area contributed by atoms with Crippen molar-refractivity contribution in [2.45, 2.75) is 52.6 Å². The average molecular weight is 383 g/mol. The highest BCUT2D eigenvalue weighted by Crippen LogP contribution is 2.15. The Hall–Kier alpha value is -2.82. The molecule has 1 unspecified atom stereocenters. The Bertz CT molecular complexity index is 753. The maximum Gasteiger partial charge on any atom is 0.338 e. The van der Waals surface area contributed by atoms with E-state index in [2.05, 4.69) is 12.2 Å².